The number of nitrogens with zero attached hydrogens (tertiary/aromatic N) is 3. The van der Waals surface area contributed by atoms with Gasteiger partial charge in [0.15, 0.2) is 5.69 Å². The van der Waals surface area contributed by atoms with E-state index in [0.29, 0.717) is 6.42 Å². The molecule has 0 unspecified atom stereocenters. The van der Waals surface area contributed by atoms with Gasteiger partial charge in [0.1, 0.15) is 0 Å². The first kappa shape index (κ1) is 9.66. The van der Waals surface area contributed by atoms with Gasteiger partial charge in [-0.15, -0.1) is 5.10 Å². The van der Waals surface area contributed by atoms with Crippen LogP contribution in [0.4, 0.5) is 0 Å². The Morgan fingerprint density at radius 1 is 1.77 bits per heavy atom. The Bertz CT molecular complexity index is 297. The fraction of sp³-hybridized carbons (Fsp3) is 0.571. The SMILES string of the molecule is CC[C@@H](O)Cn1cc(C(=O)O)nn1. The minimum absolute atomic E-state index is 0.108. The van der Waals surface area contributed by atoms with E-state index in [1.165, 1.54) is 10.9 Å². The van der Waals surface area contributed by atoms with Gasteiger partial charge in [0.2, 0.25) is 0 Å². The molecular formula is C7H11N3O3. The van der Waals surface area contributed by atoms with Crippen LogP contribution in [-0.4, -0.2) is 37.3 Å². The van der Waals surface area contributed by atoms with Crippen LogP contribution in [0.2, 0.25) is 0 Å². The van der Waals surface area contributed by atoms with Gasteiger partial charge in [-0.2, -0.15) is 0 Å². The van der Waals surface area contributed by atoms with Crippen molar-refractivity contribution in [2.75, 3.05) is 0 Å². The third-order valence-electron chi connectivity index (χ3n) is 1.63. The van der Waals surface area contributed by atoms with Crippen LogP contribution in [0.15, 0.2) is 6.20 Å². The van der Waals surface area contributed by atoms with Crippen LogP contribution in [0.5, 0.6) is 0 Å². The first-order chi connectivity index (χ1) is 6.13. The lowest BCUT2D eigenvalue weighted by Gasteiger charge is -2.05. The van der Waals surface area contributed by atoms with Gasteiger partial charge in [0.05, 0.1) is 18.8 Å². The lowest BCUT2D eigenvalue weighted by atomic mass is 10.3. The molecule has 72 valence electrons. The summed E-state index contributed by atoms with van der Waals surface area (Å²) in [7, 11) is 0. The highest BCUT2D eigenvalue weighted by atomic mass is 16.4. The summed E-state index contributed by atoms with van der Waals surface area (Å²) in [4.78, 5) is 10.4. The van der Waals surface area contributed by atoms with Crippen molar-refractivity contribution in [2.45, 2.75) is 26.0 Å². The number of carboxylic acids is 1. The van der Waals surface area contributed by atoms with Crippen molar-refractivity contribution in [3.63, 3.8) is 0 Å². The molecule has 0 aliphatic heterocycles. The number of aliphatic hydroxyl groups is 1. The predicted molar refractivity (Wildman–Crippen MR) is 43.3 cm³/mol. The maximum atomic E-state index is 10.4. The van der Waals surface area contributed by atoms with Crippen molar-refractivity contribution in [1.29, 1.82) is 0 Å². The van der Waals surface area contributed by atoms with E-state index in [1.807, 2.05) is 6.92 Å². The van der Waals surface area contributed by atoms with Crippen LogP contribution in [0.3, 0.4) is 0 Å². The summed E-state index contributed by atoms with van der Waals surface area (Å²) in [5.74, 6) is -1.11. The lowest BCUT2D eigenvalue weighted by molar-refractivity contribution is 0.0690. The predicted octanol–water partition coefficient (Wildman–Crippen LogP) is -0.253. The second kappa shape index (κ2) is 3.99. The number of aromatic nitrogens is 3. The van der Waals surface area contributed by atoms with E-state index in [0.717, 1.165) is 0 Å². The summed E-state index contributed by atoms with van der Waals surface area (Å²) >= 11 is 0. The van der Waals surface area contributed by atoms with E-state index in [4.69, 9.17) is 5.11 Å². The summed E-state index contributed by atoms with van der Waals surface area (Å²) in [5.41, 5.74) is -0.108. The molecule has 0 aliphatic carbocycles. The third kappa shape index (κ3) is 2.51. The number of aliphatic hydroxyl groups excluding tert-OH is 1. The Balaban J connectivity index is 2.64. The molecule has 0 spiro atoms. The summed E-state index contributed by atoms with van der Waals surface area (Å²) in [5, 5.41) is 24.7. The van der Waals surface area contributed by atoms with Crippen LogP contribution in [0.25, 0.3) is 0 Å². The highest BCUT2D eigenvalue weighted by Gasteiger charge is 2.09. The average molecular weight is 185 g/mol. The minimum Gasteiger partial charge on any atom is -0.476 e. The molecule has 2 N–H and O–H groups in total. The van der Waals surface area contributed by atoms with Gasteiger partial charge in [-0.3, -0.25) is 0 Å². The average Bonchev–Trinajstić information content (AvgIpc) is 2.52. The first-order valence-corrected chi connectivity index (χ1v) is 3.95. The number of carboxylic acid groups (broad SMARTS) is 1. The summed E-state index contributed by atoms with van der Waals surface area (Å²) in [6.07, 6.45) is 1.38. The Kier molecular flexibility index (Phi) is 2.97. The van der Waals surface area contributed by atoms with Gasteiger partial charge in [0, 0.05) is 0 Å². The zero-order valence-electron chi connectivity index (χ0n) is 7.21. The number of aromatic carboxylic acids is 1. The Hall–Kier alpha value is -1.43. The van der Waals surface area contributed by atoms with Gasteiger partial charge in [-0.25, -0.2) is 9.48 Å². The highest BCUT2D eigenvalue weighted by Crippen LogP contribution is 1.97. The second-order valence-corrected chi connectivity index (χ2v) is 2.69. The van der Waals surface area contributed by atoms with Crippen LogP contribution < -0.4 is 0 Å². The molecule has 1 aromatic heterocycles. The molecule has 1 rings (SSSR count). The number of carbonyl (C=O) groups is 1. The van der Waals surface area contributed by atoms with Crippen molar-refractivity contribution in [3.05, 3.63) is 11.9 Å². The Morgan fingerprint density at radius 3 is 2.92 bits per heavy atom. The monoisotopic (exact) mass is 185 g/mol. The van der Waals surface area contributed by atoms with Crippen molar-refractivity contribution >= 4 is 5.97 Å². The maximum Gasteiger partial charge on any atom is 0.358 e. The molecular weight excluding hydrogens is 174 g/mol. The molecule has 13 heavy (non-hydrogen) atoms. The van der Waals surface area contributed by atoms with Crippen molar-refractivity contribution in [3.8, 4) is 0 Å². The van der Waals surface area contributed by atoms with Gasteiger partial charge < -0.3 is 10.2 Å². The molecule has 0 aliphatic rings. The molecule has 6 nitrogen and oxygen atoms in total. The smallest absolute Gasteiger partial charge is 0.358 e. The summed E-state index contributed by atoms with van der Waals surface area (Å²) in [6.45, 7) is 2.11. The van der Waals surface area contributed by atoms with Crippen molar-refractivity contribution < 1.29 is 15.0 Å². The van der Waals surface area contributed by atoms with Gasteiger partial charge in [0.25, 0.3) is 0 Å². The maximum absolute atomic E-state index is 10.4. The molecule has 1 heterocycles. The van der Waals surface area contributed by atoms with Crippen LogP contribution in [0.1, 0.15) is 23.8 Å². The van der Waals surface area contributed by atoms with E-state index >= 15 is 0 Å². The van der Waals surface area contributed by atoms with Crippen LogP contribution in [-0.2, 0) is 6.54 Å². The molecule has 6 heteroatoms. The molecule has 0 saturated heterocycles. The molecule has 1 atom stereocenters. The number of hydrogen-bond acceptors (Lipinski definition) is 4. The number of hydrogen-bond donors (Lipinski definition) is 2. The lowest BCUT2D eigenvalue weighted by Crippen LogP contribution is -2.15. The molecule has 0 saturated carbocycles. The Morgan fingerprint density at radius 2 is 2.46 bits per heavy atom. The quantitative estimate of drug-likeness (QED) is 0.675. The molecule has 0 aromatic carbocycles. The van der Waals surface area contributed by atoms with E-state index in [1.54, 1.807) is 0 Å². The van der Waals surface area contributed by atoms with E-state index in [-0.39, 0.29) is 12.2 Å². The van der Waals surface area contributed by atoms with Gasteiger partial charge >= 0.3 is 5.97 Å². The summed E-state index contributed by atoms with van der Waals surface area (Å²) < 4.78 is 1.32. The number of rotatable bonds is 4. The fourth-order valence-electron chi connectivity index (χ4n) is 0.831. The van der Waals surface area contributed by atoms with E-state index in [2.05, 4.69) is 10.3 Å². The molecule has 0 amide bonds. The largest absolute Gasteiger partial charge is 0.476 e. The fourth-order valence-corrected chi connectivity index (χ4v) is 0.831. The van der Waals surface area contributed by atoms with Crippen LogP contribution in [0, 0.1) is 0 Å². The first-order valence-electron chi connectivity index (χ1n) is 3.95. The van der Waals surface area contributed by atoms with E-state index in [9.17, 15) is 9.90 Å². The Labute approximate surface area is 74.8 Å². The molecule has 0 radical (unpaired) electrons. The second-order valence-electron chi connectivity index (χ2n) is 2.69. The zero-order valence-corrected chi connectivity index (χ0v) is 7.21. The zero-order chi connectivity index (χ0) is 9.84. The van der Waals surface area contributed by atoms with Crippen molar-refractivity contribution in [1.82, 2.24) is 15.0 Å². The molecule has 0 fully saturated rings. The highest BCUT2D eigenvalue weighted by molar-refractivity contribution is 5.84. The molecule has 0 bridgehead atoms. The normalized spacial score (nSPS) is 12.8. The van der Waals surface area contributed by atoms with E-state index < -0.39 is 12.1 Å². The molecule has 1 aromatic rings. The minimum atomic E-state index is -1.11. The summed E-state index contributed by atoms with van der Waals surface area (Å²) in [6, 6.07) is 0. The third-order valence-corrected chi connectivity index (χ3v) is 1.63. The topological polar surface area (TPSA) is 88.2 Å². The van der Waals surface area contributed by atoms with Gasteiger partial charge in [-0.05, 0) is 6.42 Å². The van der Waals surface area contributed by atoms with Crippen molar-refractivity contribution in [2.24, 2.45) is 0 Å². The van der Waals surface area contributed by atoms with Gasteiger partial charge in [-0.1, -0.05) is 12.1 Å². The van der Waals surface area contributed by atoms with Crippen LogP contribution >= 0.6 is 0 Å². The standard InChI is InChI=1S/C7H11N3O3/c1-2-5(11)3-10-4-6(7(12)13)8-9-10/h4-5,11H,2-3H2,1H3,(H,12,13)/t5-/m1/s1.